The molecule has 1 atom stereocenters. The van der Waals surface area contributed by atoms with Gasteiger partial charge in [0, 0.05) is 5.69 Å². The molecule has 0 amide bonds. The Morgan fingerprint density at radius 3 is 2.86 bits per heavy atom. The summed E-state index contributed by atoms with van der Waals surface area (Å²) in [5.74, 6) is 0.702. The van der Waals surface area contributed by atoms with Crippen LogP contribution in [0.15, 0.2) is 36.4 Å². The highest BCUT2D eigenvalue weighted by atomic mass is 14.6. The Bertz CT molecular complexity index is 328. The lowest BCUT2D eigenvalue weighted by molar-refractivity contribution is 0.539. The summed E-state index contributed by atoms with van der Waals surface area (Å²) in [6, 6.07) is 8.19. The fraction of sp³-hybridized carbons (Fsp3) is 0.385. The predicted molar refractivity (Wildman–Crippen MR) is 61.0 cm³/mol. The van der Waals surface area contributed by atoms with Crippen LogP contribution in [-0.4, -0.2) is 0 Å². The maximum atomic E-state index is 5.91. The topological polar surface area (TPSA) is 26.0 Å². The Morgan fingerprint density at radius 1 is 1.29 bits per heavy atom. The Morgan fingerprint density at radius 2 is 2.14 bits per heavy atom. The van der Waals surface area contributed by atoms with Crippen LogP contribution in [0.5, 0.6) is 0 Å². The van der Waals surface area contributed by atoms with Gasteiger partial charge >= 0.3 is 0 Å². The molecule has 0 bridgehead atoms. The van der Waals surface area contributed by atoms with Gasteiger partial charge in [0.25, 0.3) is 0 Å². The lowest BCUT2D eigenvalue weighted by atomic mass is 9.89. The predicted octanol–water partition coefficient (Wildman–Crippen LogP) is 3.17. The molecule has 0 heterocycles. The van der Waals surface area contributed by atoms with Crippen molar-refractivity contribution in [1.82, 2.24) is 0 Å². The molecule has 1 aliphatic carbocycles. The number of hydrogen-bond donors (Lipinski definition) is 1. The van der Waals surface area contributed by atoms with Gasteiger partial charge < -0.3 is 5.73 Å². The van der Waals surface area contributed by atoms with Crippen molar-refractivity contribution in [2.24, 2.45) is 5.92 Å². The van der Waals surface area contributed by atoms with Crippen molar-refractivity contribution in [3.05, 3.63) is 42.0 Å². The van der Waals surface area contributed by atoms with E-state index in [0.29, 0.717) is 5.92 Å². The molecule has 1 aromatic carbocycles. The van der Waals surface area contributed by atoms with Gasteiger partial charge in [0.1, 0.15) is 0 Å². The summed E-state index contributed by atoms with van der Waals surface area (Å²) in [5, 5.41) is 0. The SMILES string of the molecule is Nc1ccccc1CC1C=CCCC1. The first kappa shape index (κ1) is 9.32. The van der Waals surface area contributed by atoms with Crippen molar-refractivity contribution < 1.29 is 0 Å². The molecule has 2 N–H and O–H groups in total. The Kier molecular flexibility index (Phi) is 2.87. The van der Waals surface area contributed by atoms with Gasteiger partial charge in [-0.2, -0.15) is 0 Å². The number of hydrogen-bond acceptors (Lipinski definition) is 1. The number of nitrogens with two attached hydrogens (primary N) is 1. The standard InChI is InChI=1S/C13H17N/c14-13-9-5-4-8-12(13)10-11-6-2-1-3-7-11/h2,4-6,8-9,11H,1,3,7,10,14H2. The Labute approximate surface area is 85.6 Å². The van der Waals surface area contributed by atoms with Crippen LogP contribution in [0.3, 0.4) is 0 Å². The first-order valence-electron chi connectivity index (χ1n) is 5.36. The first-order valence-corrected chi connectivity index (χ1v) is 5.36. The highest BCUT2D eigenvalue weighted by molar-refractivity contribution is 5.46. The minimum Gasteiger partial charge on any atom is -0.399 e. The van der Waals surface area contributed by atoms with E-state index < -0.39 is 0 Å². The fourth-order valence-electron chi connectivity index (χ4n) is 2.06. The zero-order valence-corrected chi connectivity index (χ0v) is 8.45. The molecule has 1 unspecified atom stereocenters. The molecule has 0 aliphatic heterocycles. The summed E-state index contributed by atoms with van der Waals surface area (Å²) in [4.78, 5) is 0. The average Bonchev–Trinajstić information content (AvgIpc) is 2.23. The van der Waals surface area contributed by atoms with Crippen LogP contribution in [0.4, 0.5) is 5.69 Å². The van der Waals surface area contributed by atoms with E-state index in [1.165, 1.54) is 24.8 Å². The highest BCUT2D eigenvalue weighted by Crippen LogP contribution is 2.23. The summed E-state index contributed by atoms with van der Waals surface area (Å²) >= 11 is 0. The van der Waals surface area contributed by atoms with Crippen LogP contribution in [0.25, 0.3) is 0 Å². The van der Waals surface area contributed by atoms with E-state index in [1.54, 1.807) is 0 Å². The molecule has 0 spiro atoms. The van der Waals surface area contributed by atoms with Gasteiger partial charge in [-0.1, -0.05) is 30.4 Å². The van der Waals surface area contributed by atoms with Crippen molar-refractivity contribution in [2.75, 3.05) is 5.73 Å². The second-order valence-electron chi connectivity index (χ2n) is 4.02. The molecular weight excluding hydrogens is 170 g/mol. The molecule has 1 aromatic rings. The third-order valence-electron chi connectivity index (χ3n) is 2.89. The zero-order chi connectivity index (χ0) is 9.80. The number of rotatable bonds is 2. The van der Waals surface area contributed by atoms with E-state index in [1.807, 2.05) is 12.1 Å². The average molecular weight is 187 g/mol. The molecule has 74 valence electrons. The van der Waals surface area contributed by atoms with E-state index in [-0.39, 0.29) is 0 Å². The smallest absolute Gasteiger partial charge is 0.0346 e. The van der Waals surface area contributed by atoms with E-state index >= 15 is 0 Å². The van der Waals surface area contributed by atoms with E-state index in [4.69, 9.17) is 5.73 Å². The van der Waals surface area contributed by atoms with Crippen molar-refractivity contribution in [1.29, 1.82) is 0 Å². The second-order valence-corrected chi connectivity index (χ2v) is 4.02. The van der Waals surface area contributed by atoms with Gasteiger partial charge in [-0.25, -0.2) is 0 Å². The van der Waals surface area contributed by atoms with Crippen molar-refractivity contribution in [3.63, 3.8) is 0 Å². The summed E-state index contributed by atoms with van der Waals surface area (Å²) in [6.45, 7) is 0. The van der Waals surface area contributed by atoms with Crippen molar-refractivity contribution >= 4 is 5.69 Å². The van der Waals surface area contributed by atoms with Gasteiger partial charge in [0.15, 0.2) is 0 Å². The van der Waals surface area contributed by atoms with Gasteiger partial charge in [-0.05, 0) is 43.2 Å². The highest BCUT2D eigenvalue weighted by Gasteiger charge is 2.10. The molecule has 0 aromatic heterocycles. The van der Waals surface area contributed by atoms with Crippen molar-refractivity contribution in [3.8, 4) is 0 Å². The number of para-hydroxylation sites is 1. The monoisotopic (exact) mass is 187 g/mol. The molecule has 0 radical (unpaired) electrons. The minimum absolute atomic E-state index is 0.702. The fourth-order valence-corrected chi connectivity index (χ4v) is 2.06. The van der Waals surface area contributed by atoms with Crippen LogP contribution < -0.4 is 5.73 Å². The number of anilines is 1. The molecule has 1 aliphatic rings. The number of nitrogen functional groups attached to an aromatic ring is 1. The minimum atomic E-state index is 0.702. The molecule has 0 saturated carbocycles. The number of allylic oxidation sites excluding steroid dienone is 2. The molecule has 1 nitrogen and oxygen atoms in total. The quantitative estimate of drug-likeness (QED) is 0.558. The van der Waals surface area contributed by atoms with Gasteiger partial charge in [-0.3, -0.25) is 0 Å². The molecule has 1 heteroatoms. The summed E-state index contributed by atoms with van der Waals surface area (Å²) < 4.78 is 0. The lowest BCUT2D eigenvalue weighted by Gasteiger charge is -2.16. The van der Waals surface area contributed by atoms with Gasteiger partial charge in [0.05, 0.1) is 0 Å². The van der Waals surface area contributed by atoms with Crippen LogP contribution in [-0.2, 0) is 6.42 Å². The molecule has 0 saturated heterocycles. The molecule has 0 fully saturated rings. The largest absolute Gasteiger partial charge is 0.399 e. The normalized spacial score (nSPS) is 21.0. The van der Waals surface area contributed by atoms with Crippen LogP contribution in [0.1, 0.15) is 24.8 Å². The lowest BCUT2D eigenvalue weighted by Crippen LogP contribution is -2.06. The maximum absolute atomic E-state index is 5.91. The van der Waals surface area contributed by atoms with Gasteiger partial charge in [-0.15, -0.1) is 0 Å². The van der Waals surface area contributed by atoms with E-state index in [0.717, 1.165) is 12.1 Å². The zero-order valence-electron chi connectivity index (χ0n) is 8.45. The maximum Gasteiger partial charge on any atom is 0.0346 e. The van der Waals surface area contributed by atoms with Crippen LogP contribution in [0.2, 0.25) is 0 Å². The Balaban J connectivity index is 2.06. The third-order valence-corrected chi connectivity index (χ3v) is 2.89. The third kappa shape index (κ3) is 2.16. The van der Waals surface area contributed by atoms with Crippen LogP contribution >= 0.6 is 0 Å². The molecule has 14 heavy (non-hydrogen) atoms. The second kappa shape index (κ2) is 4.32. The van der Waals surface area contributed by atoms with Crippen LogP contribution in [0, 0.1) is 5.92 Å². The molecular formula is C13H17N. The first-order chi connectivity index (χ1) is 6.86. The summed E-state index contributed by atoms with van der Waals surface area (Å²) in [7, 11) is 0. The summed E-state index contributed by atoms with van der Waals surface area (Å²) in [6.07, 6.45) is 9.63. The number of benzene rings is 1. The van der Waals surface area contributed by atoms with Gasteiger partial charge in [0.2, 0.25) is 0 Å². The Hall–Kier alpha value is -1.24. The van der Waals surface area contributed by atoms with E-state index in [9.17, 15) is 0 Å². The van der Waals surface area contributed by atoms with E-state index in [2.05, 4.69) is 24.3 Å². The van der Waals surface area contributed by atoms with Crippen molar-refractivity contribution in [2.45, 2.75) is 25.7 Å². The summed E-state index contributed by atoms with van der Waals surface area (Å²) in [5.41, 5.74) is 8.15. The molecule has 2 rings (SSSR count).